The van der Waals surface area contributed by atoms with E-state index in [0.717, 1.165) is 13.1 Å². The van der Waals surface area contributed by atoms with Crippen molar-refractivity contribution in [3.05, 3.63) is 34.4 Å². The Morgan fingerprint density at radius 3 is 2.20 bits per heavy atom. The molecule has 82 valence electrons. The second-order valence-electron chi connectivity index (χ2n) is 5.26. The quantitative estimate of drug-likeness (QED) is 0.740. The summed E-state index contributed by atoms with van der Waals surface area (Å²) < 4.78 is 0. The minimum atomic E-state index is 0.349. The van der Waals surface area contributed by atoms with Crippen LogP contribution in [0.2, 0.25) is 0 Å². The summed E-state index contributed by atoms with van der Waals surface area (Å²) in [4.78, 5) is 0. The lowest BCUT2D eigenvalue weighted by atomic mass is 9.77. The van der Waals surface area contributed by atoms with Gasteiger partial charge in [0, 0.05) is 12.0 Å². The lowest BCUT2D eigenvalue weighted by Gasteiger charge is -2.28. The Balaban J connectivity index is 2.52. The molecule has 1 atom stereocenters. The highest BCUT2D eigenvalue weighted by Gasteiger charge is 2.32. The highest BCUT2D eigenvalue weighted by molar-refractivity contribution is 5.43. The van der Waals surface area contributed by atoms with Crippen molar-refractivity contribution in [2.75, 3.05) is 13.1 Å². The van der Waals surface area contributed by atoms with Gasteiger partial charge in [0.15, 0.2) is 0 Å². The van der Waals surface area contributed by atoms with E-state index in [1.807, 2.05) is 0 Å². The van der Waals surface area contributed by atoms with Gasteiger partial charge in [0.05, 0.1) is 0 Å². The van der Waals surface area contributed by atoms with E-state index in [0.29, 0.717) is 5.41 Å². The molecule has 1 aliphatic rings. The molecular formula is C14H21N. The van der Waals surface area contributed by atoms with E-state index < -0.39 is 0 Å². The molecule has 1 aromatic rings. The van der Waals surface area contributed by atoms with Gasteiger partial charge in [0.25, 0.3) is 0 Å². The van der Waals surface area contributed by atoms with Gasteiger partial charge in [-0.05, 0) is 50.4 Å². The Labute approximate surface area is 92.9 Å². The van der Waals surface area contributed by atoms with Crippen molar-refractivity contribution >= 4 is 0 Å². The number of aryl methyl sites for hydroxylation is 3. The summed E-state index contributed by atoms with van der Waals surface area (Å²) in [6.45, 7) is 11.3. The molecule has 2 rings (SSSR count). The fraction of sp³-hybridized carbons (Fsp3) is 0.571. The highest BCUT2D eigenvalue weighted by atomic mass is 14.9. The predicted octanol–water partition coefficient (Wildman–Crippen LogP) is 2.86. The van der Waals surface area contributed by atoms with E-state index in [1.165, 1.54) is 23.1 Å². The normalized spacial score (nSPS) is 25.9. The first-order chi connectivity index (χ1) is 7.03. The van der Waals surface area contributed by atoms with Crippen LogP contribution in [0.25, 0.3) is 0 Å². The number of hydrogen-bond donors (Lipinski definition) is 1. The van der Waals surface area contributed by atoms with Crippen LogP contribution >= 0.6 is 0 Å². The van der Waals surface area contributed by atoms with Crippen molar-refractivity contribution in [1.82, 2.24) is 5.32 Å². The average Bonchev–Trinajstić information content (AvgIpc) is 2.50. The number of rotatable bonds is 1. The van der Waals surface area contributed by atoms with Crippen LogP contribution in [-0.2, 0) is 5.41 Å². The smallest absolute Gasteiger partial charge is 0.00668 e. The molecule has 1 saturated heterocycles. The average molecular weight is 203 g/mol. The van der Waals surface area contributed by atoms with Gasteiger partial charge in [0.1, 0.15) is 0 Å². The minimum absolute atomic E-state index is 0.349. The van der Waals surface area contributed by atoms with Crippen LogP contribution in [0.4, 0.5) is 0 Å². The molecule has 15 heavy (non-hydrogen) atoms. The van der Waals surface area contributed by atoms with Crippen molar-refractivity contribution in [3.63, 3.8) is 0 Å². The summed E-state index contributed by atoms with van der Waals surface area (Å²) >= 11 is 0. The molecule has 1 fully saturated rings. The van der Waals surface area contributed by atoms with Crippen molar-refractivity contribution in [3.8, 4) is 0 Å². The summed E-state index contributed by atoms with van der Waals surface area (Å²) in [5.41, 5.74) is 6.21. The first kappa shape index (κ1) is 10.7. The van der Waals surface area contributed by atoms with Crippen LogP contribution in [0.1, 0.15) is 35.6 Å². The third-order valence-electron chi connectivity index (χ3n) is 3.65. The van der Waals surface area contributed by atoms with E-state index in [1.54, 1.807) is 5.56 Å². The molecule has 0 aliphatic carbocycles. The fourth-order valence-corrected chi connectivity index (χ4v) is 3.16. The SMILES string of the molecule is Cc1cc(C)c(C2(C)CCNC2)c(C)c1. The second-order valence-corrected chi connectivity index (χ2v) is 5.26. The van der Waals surface area contributed by atoms with Gasteiger partial charge in [-0.3, -0.25) is 0 Å². The first-order valence-electron chi connectivity index (χ1n) is 5.82. The highest BCUT2D eigenvalue weighted by Crippen LogP contribution is 2.35. The second kappa shape index (κ2) is 3.64. The summed E-state index contributed by atoms with van der Waals surface area (Å²) in [6.07, 6.45) is 1.26. The van der Waals surface area contributed by atoms with Gasteiger partial charge in [-0.25, -0.2) is 0 Å². The molecule has 1 aliphatic heterocycles. The van der Waals surface area contributed by atoms with E-state index in [4.69, 9.17) is 0 Å². The number of nitrogens with one attached hydrogen (secondary N) is 1. The van der Waals surface area contributed by atoms with Crippen molar-refractivity contribution < 1.29 is 0 Å². The maximum absolute atomic E-state index is 3.48. The minimum Gasteiger partial charge on any atom is -0.316 e. The van der Waals surface area contributed by atoms with Gasteiger partial charge in [0.2, 0.25) is 0 Å². The monoisotopic (exact) mass is 203 g/mol. The van der Waals surface area contributed by atoms with Crippen LogP contribution in [0.5, 0.6) is 0 Å². The molecule has 0 spiro atoms. The lowest BCUT2D eigenvalue weighted by molar-refractivity contribution is 0.518. The lowest BCUT2D eigenvalue weighted by Crippen LogP contribution is -2.27. The van der Waals surface area contributed by atoms with Crippen molar-refractivity contribution in [2.45, 2.75) is 39.5 Å². The molecule has 0 bridgehead atoms. The summed E-state index contributed by atoms with van der Waals surface area (Å²) in [6, 6.07) is 4.62. The van der Waals surface area contributed by atoms with E-state index in [9.17, 15) is 0 Å². The Bertz CT molecular complexity index is 350. The molecule has 1 heteroatoms. The molecule has 0 radical (unpaired) electrons. The van der Waals surface area contributed by atoms with Crippen LogP contribution < -0.4 is 5.32 Å². The standard InChI is InChI=1S/C14H21N/c1-10-7-11(2)13(12(3)8-10)14(4)5-6-15-9-14/h7-8,15H,5-6,9H2,1-4H3. The topological polar surface area (TPSA) is 12.0 Å². The molecule has 1 heterocycles. The number of benzene rings is 1. The zero-order valence-electron chi connectivity index (χ0n) is 10.3. The largest absolute Gasteiger partial charge is 0.316 e. The van der Waals surface area contributed by atoms with Crippen LogP contribution in [0.3, 0.4) is 0 Å². The Hall–Kier alpha value is -0.820. The first-order valence-corrected chi connectivity index (χ1v) is 5.82. The Morgan fingerprint density at radius 1 is 1.13 bits per heavy atom. The van der Waals surface area contributed by atoms with E-state index >= 15 is 0 Å². The van der Waals surface area contributed by atoms with Crippen LogP contribution in [0, 0.1) is 20.8 Å². The predicted molar refractivity (Wildman–Crippen MR) is 65.5 cm³/mol. The van der Waals surface area contributed by atoms with Gasteiger partial charge in [-0.15, -0.1) is 0 Å². The zero-order chi connectivity index (χ0) is 11.1. The van der Waals surface area contributed by atoms with Crippen LogP contribution in [0.15, 0.2) is 12.1 Å². The third-order valence-corrected chi connectivity index (χ3v) is 3.65. The van der Waals surface area contributed by atoms with E-state index in [2.05, 4.69) is 45.1 Å². The molecule has 0 aromatic heterocycles. The van der Waals surface area contributed by atoms with Gasteiger partial charge in [-0.1, -0.05) is 24.6 Å². The maximum atomic E-state index is 3.48. The summed E-state index contributed by atoms with van der Waals surface area (Å²) in [5, 5.41) is 3.48. The number of hydrogen-bond acceptors (Lipinski definition) is 1. The molecule has 1 aromatic carbocycles. The third kappa shape index (κ3) is 1.81. The van der Waals surface area contributed by atoms with E-state index in [-0.39, 0.29) is 0 Å². The molecule has 1 unspecified atom stereocenters. The fourth-order valence-electron chi connectivity index (χ4n) is 3.16. The maximum Gasteiger partial charge on any atom is 0.00668 e. The molecule has 1 N–H and O–H groups in total. The van der Waals surface area contributed by atoms with Crippen molar-refractivity contribution in [2.24, 2.45) is 0 Å². The Kier molecular flexibility index (Phi) is 2.59. The molecule has 0 amide bonds. The van der Waals surface area contributed by atoms with Gasteiger partial charge >= 0.3 is 0 Å². The Morgan fingerprint density at radius 2 is 1.73 bits per heavy atom. The van der Waals surface area contributed by atoms with Crippen LogP contribution in [-0.4, -0.2) is 13.1 Å². The zero-order valence-corrected chi connectivity index (χ0v) is 10.3. The van der Waals surface area contributed by atoms with Gasteiger partial charge in [-0.2, -0.15) is 0 Å². The van der Waals surface area contributed by atoms with Gasteiger partial charge < -0.3 is 5.32 Å². The summed E-state index contributed by atoms with van der Waals surface area (Å²) in [7, 11) is 0. The molecule has 0 saturated carbocycles. The molecule has 1 nitrogen and oxygen atoms in total. The summed E-state index contributed by atoms with van der Waals surface area (Å²) in [5.74, 6) is 0. The molecular weight excluding hydrogens is 182 g/mol. The van der Waals surface area contributed by atoms with Crippen molar-refractivity contribution in [1.29, 1.82) is 0 Å².